The first-order valence-corrected chi connectivity index (χ1v) is 6.50. The minimum Gasteiger partial charge on any atom is -0.340 e. The SMILES string of the molecule is OC(O)(O)C=CCCCCC(Br)(Br)Br. The Labute approximate surface area is 109 Å². The fraction of sp³-hybridized carbons (Fsp3) is 0.750. The van der Waals surface area contributed by atoms with Gasteiger partial charge in [-0.25, -0.2) is 0 Å². The molecule has 0 radical (unpaired) electrons. The Morgan fingerprint density at radius 3 is 2.00 bits per heavy atom. The number of hydrogen-bond acceptors (Lipinski definition) is 3. The molecule has 0 unspecified atom stereocenters. The van der Waals surface area contributed by atoms with Crippen LogP contribution in [0.2, 0.25) is 0 Å². The van der Waals surface area contributed by atoms with Gasteiger partial charge in [0, 0.05) is 0 Å². The average Bonchev–Trinajstić information content (AvgIpc) is 1.92. The normalized spacial score (nSPS) is 13.9. The van der Waals surface area contributed by atoms with Crippen LogP contribution in [0.1, 0.15) is 25.7 Å². The Morgan fingerprint density at radius 1 is 1.00 bits per heavy atom. The van der Waals surface area contributed by atoms with Crippen molar-refractivity contribution >= 4 is 47.8 Å². The molecule has 0 aromatic heterocycles. The third-order valence-corrected chi connectivity index (χ3v) is 2.61. The van der Waals surface area contributed by atoms with Crippen LogP contribution >= 0.6 is 47.8 Å². The highest BCUT2D eigenvalue weighted by Crippen LogP contribution is 2.38. The Balaban J connectivity index is 3.44. The predicted octanol–water partition coefficient (Wildman–Crippen LogP) is 2.57. The van der Waals surface area contributed by atoms with Crippen molar-refractivity contribution in [1.29, 1.82) is 0 Å². The predicted molar refractivity (Wildman–Crippen MR) is 66.5 cm³/mol. The van der Waals surface area contributed by atoms with E-state index in [0.29, 0.717) is 6.42 Å². The Kier molecular flexibility index (Phi) is 7.10. The van der Waals surface area contributed by atoms with Crippen molar-refractivity contribution in [1.82, 2.24) is 0 Å². The van der Waals surface area contributed by atoms with E-state index < -0.39 is 5.97 Å². The molecule has 0 aliphatic rings. The molecule has 0 amide bonds. The molecule has 0 bridgehead atoms. The summed E-state index contributed by atoms with van der Waals surface area (Å²) in [6.07, 6.45) is 5.99. The molecule has 84 valence electrons. The van der Waals surface area contributed by atoms with E-state index in [1.165, 1.54) is 0 Å². The zero-order valence-electron chi connectivity index (χ0n) is 7.46. The molecule has 0 saturated carbocycles. The van der Waals surface area contributed by atoms with Crippen LogP contribution in [0.3, 0.4) is 0 Å². The van der Waals surface area contributed by atoms with Gasteiger partial charge in [-0.05, 0) is 25.3 Å². The molecule has 14 heavy (non-hydrogen) atoms. The summed E-state index contributed by atoms with van der Waals surface area (Å²) in [5, 5.41) is 25.5. The smallest absolute Gasteiger partial charge is 0.297 e. The van der Waals surface area contributed by atoms with Gasteiger partial charge in [0.15, 0.2) is 0 Å². The van der Waals surface area contributed by atoms with Crippen LogP contribution in [0.15, 0.2) is 12.2 Å². The van der Waals surface area contributed by atoms with E-state index in [9.17, 15) is 0 Å². The van der Waals surface area contributed by atoms with Gasteiger partial charge in [0.1, 0.15) is 2.14 Å². The van der Waals surface area contributed by atoms with Gasteiger partial charge >= 0.3 is 0 Å². The van der Waals surface area contributed by atoms with Crippen molar-refractivity contribution in [3.8, 4) is 0 Å². The molecular formula is C8H13Br3O3. The monoisotopic (exact) mass is 394 g/mol. The maximum atomic E-state index is 8.51. The lowest BCUT2D eigenvalue weighted by Crippen LogP contribution is -2.23. The average molecular weight is 397 g/mol. The summed E-state index contributed by atoms with van der Waals surface area (Å²) >= 11 is 10.1. The molecule has 0 rings (SSSR count). The summed E-state index contributed by atoms with van der Waals surface area (Å²) in [6, 6.07) is 0. The summed E-state index contributed by atoms with van der Waals surface area (Å²) in [6.45, 7) is 0. The molecule has 0 aliphatic carbocycles. The summed E-state index contributed by atoms with van der Waals surface area (Å²) < 4.78 is -0.203. The van der Waals surface area contributed by atoms with Gasteiger partial charge in [0.2, 0.25) is 0 Å². The lowest BCUT2D eigenvalue weighted by Gasteiger charge is -2.10. The van der Waals surface area contributed by atoms with Crippen molar-refractivity contribution in [2.75, 3.05) is 0 Å². The van der Waals surface area contributed by atoms with Crippen LogP contribution in [0, 0.1) is 0 Å². The summed E-state index contributed by atoms with van der Waals surface area (Å²) in [4.78, 5) is 0. The number of rotatable bonds is 5. The highest BCUT2D eigenvalue weighted by atomic mass is 80.0. The fourth-order valence-electron chi connectivity index (χ4n) is 0.829. The van der Waals surface area contributed by atoms with Gasteiger partial charge in [0.25, 0.3) is 5.97 Å². The Bertz CT molecular complexity index is 181. The lowest BCUT2D eigenvalue weighted by atomic mass is 10.2. The number of alkyl halides is 3. The highest BCUT2D eigenvalue weighted by molar-refractivity contribution is 9.39. The zero-order valence-corrected chi connectivity index (χ0v) is 12.2. The zero-order chi connectivity index (χ0) is 11.2. The summed E-state index contributed by atoms with van der Waals surface area (Å²) in [5.41, 5.74) is 0. The molecule has 0 aromatic rings. The van der Waals surface area contributed by atoms with Gasteiger partial charge in [-0.3, -0.25) is 0 Å². The molecule has 3 nitrogen and oxygen atoms in total. The van der Waals surface area contributed by atoms with Crippen molar-refractivity contribution in [3.05, 3.63) is 12.2 Å². The molecular weight excluding hydrogens is 384 g/mol. The largest absolute Gasteiger partial charge is 0.340 e. The standard InChI is InChI=1S/C8H13Br3O3/c9-7(10,11)5-3-1-2-4-6-8(12,13)14/h4,6,12-14H,1-3,5H2. The van der Waals surface area contributed by atoms with Crippen LogP contribution in [0.25, 0.3) is 0 Å². The van der Waals surface area contributed by atoms with E-state index in [1.54, 1.807) is 6.08 Å². The van der Waals surface area contributed by atoms with Crippen molar-refractivity contribution < 1.29 is 15.3 Å². The second kappa shape index (κ2) is 6.60. The second-order valence-electron chi connectivity index (χ2n) is 2.95. The quantitative estimate of drug-likeness (QED) is 0.290. The fourth-order valence-corrected chi connectivity index (χ4v) is 1.67. The van der Waals surface area contributed by atoms with Crippen LogP contribution in [-0.4, -0.2) is 23.4 Å². The number of allylic oxidation sites excluding steroid dienone is 1. The number of halogens is 3. The van der Waals surface area contributed by atoms with Crippen molar-refractivity contribution in [2.24, 2.45) is 0 Å². The number of hydrogen-bond donors (Lipinski definition) is 3. The van der Waals surface area contributed by atoms with Gasteiger partial charge < -0.3 is 15.3 Å². The molecule has 0 aliphatic heterocycles. The maximum absolute atomic E-state index is 8.51. The van der Waals surface area contributed by atoms with Crippen LogP contribution in [0.5, 0.6) is 0 Å². The van der Waals surface area contributed by atoms with E-state index in [1.807, 2.05) is 0 Å². The minimum atomic E-state index is -2.68. The highest BCUT2D eigenvalue weighted by Gasteiger charge is 2.16. The molecule has 0 saturated heterocycles. The van der Waals surface area contributed by atoms with E-state index in [2.05, 4.69) is 47.8 Å². The third kappa shape index (κ3) is 13.1. The van der Waals surface area contributed by atoms with Gasteiger partial charge in [0.05, 0.1) is 0 Å². The van der Waals surface area contributed by atoms with Gasteiger partial charge in [-0.15, -0.1) is 0 Å². The van der Waals surface area contributed by atoms with Gasteiger partial charge in [-0.2, -0.15) is 0 Å². The van der Waals surface area contributed by atoms with E-state index in [4.69, 9.17) is 15.3 Å². The first-order valence-electron chi connectivity index (χ1n) is 4.12. The number of unbranched alkanes of at least 4 members (excludes halogenated alkanes) is 2. The summed E-state index contributed by atoms with van der Waals surface area (Å²) in [5.74, 6) is -2.68. The van der Waals surface area contributed by atoms with E-state index in [0.717, 1.165) is 25.3 Å². The molecule has 0 fully saturated rings. The van der Waals surface area contributed by atoms with Crippen LogP contribution in [-0.2, 0) is 0 Å². The molecule has 6 heteroatoms. The Hall–Kier alpha value is 1.06. The molecule has 0 aromatic carbocycles. The van der Waals surface area contributed by atoms with E-state index in [-0.39, 0.29) is 2.14 Å². The minimum absolute atomic E-state index is 0.203. The molecule has 0 heterocycles. The Morgan fingerprint density at radius 2 is 1.57 bits per heavy atom. The second-order valence-corrected chi connectivity index (χ2v) is 10.2. The molecule has 0 atom stereocenters. The van der Waals surface area contributed by atoms with Crippen molar-refractivity contribution in [3.63, 3.8) is 0 Å². The van der Waals surface area contributed by atoms with Crippen molar-refractivity contribution in [2.45, 2.75) is 33.8 Å². The first-order chi connectivity index (χ1) is 6.21. The molecule has 0 spiro atoms. The lowest BCUT2D eigenvalue weighted by molar-refractivity contribution is -0.273. The number of aliphatic hydroxyl groups is 3. The topological polar surface area (TPSA) is 60.7 Å². The van der Waals surface area contributed by atoms with E-state index >= 15 is 0 Å². The van der Waals surface area contributed by atoms with Crippen LogP contribution in [0.4, 0.5) is 0 Å². The first kappa shape index (κ1) is 15.1. The summed E-state index contributed by atoms with van der Waals surface area (Å²) in [7, 11) is 0. The molecule has 3 N–H and O–H groups in total. The third-order valence-electron chi connectivity index (χ3n) is 1.42. The van der Waals surface area contributed by atoms with Crippen LogP contribution < -0.4 is 0 Å². The van der Waals surface area contributed by atoms with Gasteiger partial charge in [-0.1, -0.05) is 60.3 Å². The maximum Gasteiger partial charge on any atom is 0.297 e.